The van der Waals surface area contributed by atoms with Gasteiger partial charge in [-0.05, 0) is 0 Å². The van der Waals surface area contributed by atoms with Crippen molar-refractivity contribution in [1.29, 1.82) is 0 Å². The van der Waals surface area contributed by atoms with Crippen molar-refractivity contribution in [3.05, 3.63) is 6.92 Å². The normalized spacial score (nSPS) is 7.33. The van der Waals surface area contributed by atoms with Crippen LogP contribution < -0.4 is 0 Å². The Morgan fingerprint density at radius 1 is 1.11 bits per heavy atom. The molecular formula is C7H16ClZn-. The van der Waals surface area contributed by atoms with Gasteiger partial charge in [-0.1, -0.05) is 32.6 Å². The summed E-state index contributed by atoms with van der Waals surface area (Å²) in [7, 11) is 0. The Hall–Kier alpha value is 0.913. The van der Waals surface area contributed by atoms with Crippen molar-refractivity contribution in [2.45, 2.75) is 39.0 Å². The van der Waals surface area contributed by atoms with Crippen LogP contribution in [0.5, 0.6) is 0 Å². The van der Waals surface area contributed by atoms with Crippen LogP contribution in [-0.2, 0) is 19.5 Å². The van der Waals surface area contributed by atoms with Gasteiger partial charge in [0.25, 0.3) is 0 Å². The molecule has 0 saturated carbocycles. The maximum Gasteiger partial charge on any atom is 0 e. The van der Waals surface area contributed by atoms with E-state index in [0.717, 1.165) is 6.42 Å². The van der Waals surface area contributed by atoms with Gasteiger partial charge in [-0.3, -0.25) is 0 Å². The predicted octanol–water partition coefficient (Wildman–Crippen LogP) is 3.21. The Bertz CT molecular complexity index is 28.1. The Balaban J connectivity index is -0.000000180. The van der Waals surface area contributed by atoms with Crippen LogP contribution in [0, 0.1) is 6.92 Å². The molecule has 54 valence electrons. The summed E-state index contributed by atoms with van der Waals surface area (Å²) >= 11 is 0. The van der Waals surface area contributed by atoms with Crippen molar-refractivity contribution < 1.29 is 19.5 Å². The van der Waals surface area contributed by atoms with E-state index in [1.165, 1.54) is 25.7 Å². The van der Waals surface area contributed by atoms with Gasteiger partial charge in [0.15, 0.2) is 0 Å². The molecule has 0 nitrogen and oxygen atoms in total. The van der Waals surface area contributed by atoms with E-state index >= 15 is 0 Å². The van der Waals surface area contributed by atoms with Crippen LogP contribution in [0.1, 0.15) is 39.0 Å². The summed E-state index contributed by atoms with van der Waals surface area (Å²) < 4.78 is 0. The molecule has 0 spiro atoms. The van der Waals surface area contributed by atoms with Gasteiger partial charge in [0.2, 0.25) is 0 Å². The van der Waals surface area contributed by atoms with Crippen molar-refractivity contribution in [2.75, 3.05) is 0 Å². The van der Waals surface area contributed by atoms with Gasteiger partial charge < -0.3 is 6.92 Å². The van der Waals surface area contributed by atoms with Crippen LogP contribution in [0.2, 0.25) is 0 Å². The van der Waals surface area contributed by atoms with Crippen molar-refractivity contribution in [3.63, 3.8) is 0 Å². The first kappa shape index (κ1) is 16.5. The molecule has 0 aromatic heterocycles. The molecule has 0 fully saturated rings. The van der Waals surface area contributed by atoms with Gasteiger partial charge in [0, 0.05) is 19.5 Å². The van der Waals surface area contributed by atoms with E-state index < -0.39 is 0 Å². The molecule has 0 saturated heterocycles. The minimum Gasteiger partial charge on any atom is -0.343 e. The monoisotopic (exact) mass is 199 g/mol. The first-order valence-electron chi connectivity index (χ1n) is 3.21. The first-order chi connectivity index (χ1) is 3.41. The molecule has 0 bridgehead atoms. The fourth-order valence-electron chi connectivity index (χ4n) is 0.604. The van der Waals surface area contributed by atoms with Crippen molar-refractivity contribution in [1.82, 2.24) is 0 Å². The summed E-state index contributed by atoms with van der Waals surface area (Å²) in [6.07, 6.45) is 6.52. The Kier molecular flexibility index (Phi) is 29.2. The van der Waals surface area contributed by atoms with Crippen LogP contribution in [0.4, 0.5) is 0 Å². The largest absolute Gasteiger partial charge is 0.343 e. The van der Waals surface area contributed by atoms with Crippen molar-refractivity contribution in [2.24, 2.45) is 0 Å². The molecule has 0 aliphatic carbocycles. The van der Waals surface area contributed by atoms with Gasteiger partial charge in [-0.2, -0.15) is 6.42 Å². The fraction of sp³-hybridized carbons (Fsp3) is 0.857. The van der Waals surface area contributed by atoms with E-state index in [1.807, 2.05) is 0 Å². The summed E-state index contributed by atoms with van der Waals surface area (Å²) in [5.41, 5.74) is 0. The maximum absolute atomic E-state index is 3.76. The Morgan fingerprint density at radius 3 is 2.00 bits per heavy atom. The minimum atomic E-state index is 0. The summed E-state index contributed by atoms with van der Waals surface area (Å²) in [6, 6.07) is 0. The van der Waals surface area contributed by atoms with Gasteiger partial charge in [-0.15, -0.1) is 12.4 Å². The summed E-state index contributed by atoms with van der Waals surface area (Å²) in [6.45, 7) is 5.98. The number of unbranched alkanes of at least 4 members (excludes halogenated alkanes) is 4. The third kappa shape index (κ3) is 17.6. The average Bonchev–Trinajstić information content (AvgIpc) is 1.69. The van der Waals surface area contributed by atoms with Gasteiger partial charge in [0.1, 0.15) is 0 Å². The number of halogens is 1. The number of hydrogen-bond acceptors (Lipinski definition) is 0. The van der Waals surface area contributed by atoms with Gasteiger partial charge in [0.05, 0.1) is 0 Å². The van der Waals surface area contributed by atoms with E-state index in [0.29, 0.717) is 0 Å². The van der Waals surface area contributed by atoms with E-state index in [2.05, 4.69) is 13.8 Å². The number of hydrogen-bond donors (Lipinski definition) is 0. The zero-order chi connectivity index (χ0) is 5.54. The molecule has 0 unspecified atom stereocenters. The Morgan fingerprint density at radius 2 is 1.67 bits per heavy atom. The molecule has 0 amide bonds. The molecule has 0 heterocycles. The van der Waals surface area contributed by atoms with Crippen molar-refractivity contribution in [3.8, 4) is 0 Å². The molecule has 0 radical (unpaired) electrons. The smallest absolute Gasteiger partial charge is 0 e. The molecule has 0 aromatic rings. The topological polar surface area (TPSA) is 0 Å². The third-order valence-corrected chi connectivity index (χ3v) is 1.10. The van der Waals surface area contributed by atoms with Crippen LogP contribution in [0.15, 0.2) is 0 Å². The molecular weight excluding hydrogens is 185 g/mol. The molecule has 0 aliphatic rings. The second kappa shape index (κ2) is 16.0. The molecule has 0 N–H and O–H groups in total. The van der Waals surface area contributed by atoms with Crippen LogP contribution in [0.25, 0.3) is 0 Å². The molecule has 2 heteroatoms. The molecule has 0 aromatic carbocycles. The zero-order valence-electron chi connectivity index (χ0n) is 6.36. The first-order valence-corrected chi connectivity index (χ1v) is 3.21. The fourth-order valence-corrected chi connectivity index (χ4v) is 0.604. The minimum absolute atomic E-state index is 0. The average molecular weight is 201 g/mol. The molecule has 0 rings (SSSR count). The van der Waals surface area contributed by atoms with E-state index in [-0.39, 0.29) is 31.9 Å². The predicted molar refractivity (Wildman–Crippen MR) is 41.4 cm³/mol. The molecule has 0 atom stereocenters. The molecule has 9 heavy (non-hydrogen) atoms. The van der Waals surface area contributed by atoms with Crippen LogP contribution >= 0.6 is 12.4 Å². The zero-order valence-corrected chi connectivity index (χ0v) is 10.1. The van der Waals surface area contributed by atoms with Crippen LogP contribution in [-0.4, -0.2) is 0 Å². The van der Waals surface area contributed by atoms with Crippen LogP contribution in [0.3, 0.4) is 0 Å². The second-order valence-corrected chi connectivity index (χ2v) is 1.91. The van der Waals surface area contributed by atoms with E-state index in [1.54, 1.807) is 0 Å². The van der Waals surface area contributed by atoms with Gasteiger partial charge in [-0.25, -0.2) is 0 Å². The van der Waals surface area contributed by atoms with Crippen molar-refractivity contribution >= 4 is 12.4 Å². The van der Waals surface area contributed by atoms with E-state index in [4.69, 9.17) is 0 Å². The SMILES string of the molecule is Cl.[CH2-]CCCCCC.[Zn]. The number of rotatable bonds is 4. The van der Waals surface area contributed by atoms with E-state index in [9.17, 15) is 0 Å². The quantitative estimate of drug-likeness (QED) is 0.372. The third-order valence-electron chi connectivity index (χ3n) is 1.10. The summed E-state index contributed by atoms with van der Waals surface area (Å²) in [4.78, 5) is 0. The van der Waals surface area contributed by atoms with Gasteiger partial charge >= 0.3 is 0 Å². The summed E-state index contributed by atoms with van der Waals surface area (Å²) in [5.74, 6) is 0. The maximum atomic E-state index is 3.76. The second-order valence-electron chi connectivity index (χ2n) is 1.91. The standard InChI is InChI=1S/C7H15.ClH.Zn/c1-3-5-7-6-4-2;;/h1,3-7H2,2H3;1H;/q-1;;. The molecule has 0 aliphatic heterocycles. The summed E-state index contributed by atoms with van der Waals surface area (Å²) in [5, 5.41) is 0. The Labute approximate surface area is 78.0 Å².